The lowest BCUT2D eigenvalue weighted by molar-refractivity contribution is 0.285. The molecule has 0 unspecified atom stereocenters. The molecule has 0 heterocycles. The highest BCUT2D eigenvalue weighted by Gasteiger charge is 2.12. The maximum Gasteiger partial charge on any atom is 0.188 e. The third kappa shape index (κ3) is 5.62. The van der Waals surface area contributed by atoms with Crippen molar-refractivity contribution in [3.63, 3.8) is 0 Å². The average Bonchev–Trinajstić information content (AvgIpc) is 2.26. The number of hydrogen-bond acceptors (Lipinski definition) is 2. The minimum absolute atomic E-state index is 0.242. The molecule has 0 saturated heterocycles. The number of nitrogens with zero attached hydrogens (tertiary/aromatic N) is 1. The lowest BCUT2D eigenvalue weighted by Gasteiger charge is -2.23. The molecular formula is C11H23N3O. The van der Waals surface area contributed by atoms with Gasteiger partial charge in [-0.2, -0.15) is 0 Å². The van der Waals surface area contributed by atoms with Gasteiger partial charge in [-0.15, -0.1) is 0 Å². The summed E-state index contributed by atoms with van der Waals surface area (Å²) in [5.41, 5.74) is 5.76. The van der Waals surface area contributed by atoms with E-state index < -0.39 is 0 Å². The van der Waals surface area contributed by atoms with Crippen molar-refractivity contribution in [2.45, 2.75) is 51.0 Å². The van der Waals surface area contributed by atoms with E-state index in [0.717, 1.165) is 12.8 Å². The van der Waals surface area contributed by atoms with E-state index in [-0.39, 0.29) is 6.61 Å². The first-order valence-corrected chi connectivity index (χ1v) is 6.00. The first-order valence-electron chi connectivity index (χ1n) is 6.00. The molecule has 1 fully saturated rings. The van der Waals surface area contributed by atoms with E-state index >= 15 is 0 Å². The van der Waals surface area contributed by atoms with Crippen LogP contribution in [0.25, 0.3) is 0 Å². The number of nitrogens with one attached hydrogen (secondary N) is 1. The summed E-state index contributed by atoms with van der Waals surface area (Å²) in [6, 6.07) is 0.528. The molecule has 1 aliphatic carbocycles. The van der Waals surface area contributed by atoms with Crippen LogP contribution in [0.3, 0.4) is 0 Å². The smallest absolute Gasteiger partial charge is 0.188 e. The molecule has 0 spiro atoms. The largest absolute Gasteiger partial charge is 0.396 e. The maximum atomic E-state index is 8.60. The van der Waals surface area contributed by atoms with Crippen LogP contribution in [-0.2, 0) is 0 Å². The molecule has 0 aromatic heterocycles. The summed E-state index contributed by atoms with van der Waals surface area (Å²) in [5.74, 6) is 0.569. The molecule has 0 aromatic carbocycles. The zero-order valence-electron chi connectivity index (χ0n) is 9.41. The van der Waals surface area contributed by atoms with Gasteiger partial charge < -0.3 is 16.2 Å². The molecule has 0 aliphatic heterocycles. The topological polar surface area (TPSA) is 70.6 Å². The number of unbranched alkanes of at least 4 members (excludes halogenated alkanes) is 1. The van der Waals surface area contributed by atoms with Gasteiger partial charge >= 0.3 is 0 Å². The maximum absolute atomic E-state index is 8.60. The quantitative estimate of drug-likeness (QED) is 0.362. The molecule has 1 aliphatic rings. The van der Waals surface area contributed by atoms with Crippen molar-refractivity contribution in [3.05, 3.63) is 0 Å². The summed E-state index contributed by atoms with van der Waals surface area (Å²) in [6.07, 6.45) is 8.10. The standard InChI is InChI=1S/C11H23N3O/c12-11(13-8-4-5-9-15)14-10-6-2-1-3-7-10/h10,15H,1-9H2,(H3,12,13,14). The van der Waals surface area contributed by atoms with Crippen molar-refractivity contribution in [2.75, 3.05) is 13.2 Å². The van der Waals surface area contributed by atoms with E-state index in [2.05, 4.69) is 10.3 Å². The molecule has 4 nitrogen and oxygen atoms in total. The van der Waals surface area contributed by atoms with Crippen LogP contribution in [-0.4, -0.2) is 30.3 Å². The second-order valence-electron chi connectivity index (χ2n) is 4.18. The molecule has 0 radical (unpaired) electrons. The number of hydrogen-bond donors (Lipinski definition) is 3. The van der Waals surface area contributed by atoms with Gasteiger partial charge in [-0.05, 0) is 25.7 Å². The molecule has 4 heteroatoms. The van der Waals surface area contributed by atoms with E-state index in [9.17, 15) is 0 Å². The summed E-state index contributed by atoms with van der Waals surface area (Å²) >= 11 is 0. The Hall–Kier alpha value is -0.770. The third-order valence-corrected chi connectivity index (χ3v) is 2.81. The Labute approximate surface area is 92.0 Å². The van der Waals surface area contributed by atoms with Crippen LogP contribution in [0.4, 0.5) is 0 Å². The molecule has 88 valence electrons. The fourth-order valence-electron chi connectivity index (χ4n) is 1.92. The summed E-state index contributed by atoms with van der Waals surface area (Å²) in [4.78, 5) is 4.23. The highest BCUT2D eigenvalue weighted by molar-refractivity contribution is 5.78. The minimum atomic E-state index is 0.242. The molecule has 0 bridgehead atoms. The predicted octanol–water partition coefficient (Wildman–Crippen LogP) is 0.996. The normalized spacial score (nSPS) is 19.1. The second-order valence-corrected chi connectivity index (χ2v) is 4.18. The fourth-order valence-corrected chi connectivity index (χ4v) is 1.92. The van der Waals surface area contributed by atoms with Crippen LogP contribution in [0.5, 0.6) is 0 Å². The van der Waals surface area contributed by atoms with E-state index in [4.69, 9.17) is 10.8 Å². The number of aliphatic imine (C=N–C) groups is 1. The predicted molar refractivity (Wildman–Crippen MR) is 62.8 cm³/mol. The summed E-state index contributed by atoms with van der Waals surface area (Å²) in [6.45, 7) is 0.956. The minimum Gasteiger partial charge on any atom is -0.396 e. The van der Waals surface area contributed by atoms with Gasteiger partial charge in [-0.1, -0.05) is 19.3 Å². The van der Waals surface area contributed by atoms with Gasteiger partial charge in [0.2, 0.25) is 0 Å². The van der Waals surface area contributed by atoms with Gasteiger partial charge in [0.1, 0.15) is 0 Å². The Morgan fingerprint density at radius 2 is 2.00 bits per heavy atom. The zero-order valence-corrected chi connectivity index (χ0v) is 9.41. The second kappa shape index (κ2) is 7.51. The van der Waals surface area contributed by atoms with Gasteiger partial charge in [-0.25, -0.2) is 0 Å². The molecule has 0 atom stereocenters. The zero-order chi connectivity index (χ0) is 10.9. The Morgan fingerprint density at radius 1 is 1.27 bits per heavy atom. The van der Waals surface area contributed by atoms with Crippen LogP contribution < -0.4 is 11.1 Å². The van der Waals surface area contributed by atoms with Crippen LogP contribution in [0, 0.1) is 0 Å². The first-order chi connectivity index (χ1) is 7.33. The number of rotatable bonds is 5. The third-order valence-electron chi connectivity index (χ3n) is 2.81. The van der Waals surface area contributed by atoms with Gasteiger partial charge in [-0.3, -0.25) is 4.99 Å². The highest BCUT2D eigenvalue weighted by Crippen LogP contribution is 2.16. The van der Waals surface area contributed by atoms with E-state index in [1.807, 2.05) is 0 Å². The molecule has 1 saturated carbocycles. The fraction of sp³-hybridized carbons (Fsp3) is 0.909. The molecule has 0 aromatic rings. The van der Waals surface area contributed by atoms with Gasteiger partial charge in [0.25, 0.3) is 0 Å². The Morgan fingerprint density at radius 3 is 2.67 bits per heavy atom. The molecule has 15 heavy (non-hydrogen) atoms. The summed E-state index contributed by atoms with van der Waals surface area (Å²) in [5, 5.41) is 11.9. The van der Waals surface area contributed by atoms with Gasteiger partial charge in [0.15, 0.2) is 5.96 Å². The Bertz CT molecular complexity index is 188. The lowest BCUT2D eigenvalue weighted by atomic mass is 9.96. The molecule has 4 N–H and O–H groups in total. The van der Waals surface area contributed by atoms with Crippen LogP contribution >= 0.6 is 0 Å². The highest BCUT2D eigenvalue weighted by atomic mass is 16.2. The monoisotopic (exact) mass is 213 g/mol. The van der Waals surface area contributed by atoms with Crippen molar-refractivity contribution in [2.24, 2.45) is 10.7 Å². The number of aliphatic hydroxyl groups is 1. The molecular weight excluding hydrogens is 190 g/mol. The number of aliphatic hydroxyl groups excluding tert-OH is 1. The lowest BCUT2D eigenvalue weighted by Crippen LogP contribution is -2.41. The Balaban J connectivity index is 2.12. The van der Waals surface area contributed by atoms with Crippen LogP contribution in [0.15, 0.2) is 4.99 Å². The van der Waals surface area contributed by atoms with E-state index in [1.54, 1.807) is 0 Å². The van der Waals surface area contributed by atoms with Crippen LogP contribution in [0.2, 0.25) is 0 Å². The van der Waals surface area contributed by atoms with Crippen molar-refractivity contribution in [1.82, 2.24) is 5.32 Å². The molecule has 0 amide bonds. The van der Waals surface area contributed by atoms with Crippen molar-refractivity contribution in [1.29, 1.82) is 0 Å². The van der Waals surface area contributed by atoms with E-state index in [0.29, 0.717) is 18.5 Å². The first kappa shape index (κ1) is 12.3. The summed E-state index contributed by atoms with van der Waals surface area (Å²) < 4.78 is 0. The van der Waals surface area contributed by atoms with Crippen LogP contribution in [0.1, 0.15) is 44.9 Å². The average molecular weight is 213 g/mol. The summed E-state index contributed by atoms with van der Waals surface area (Å²) in [7, 11) is 0. The SMILES string of the molecule is NC(=NCCCCO)NC1CCCCC1. The number of nitrogens with two attached hydrogens (primary N) is 1. The Kier molecular flexibility index (Phi) is 6.16. The van der Waals surface area contributed by atoms with Crippen molar-refractivity contribution >= 4 is 5.96 Å². The molecule has 1 rings (SSSR count). The van der Waals surface area contributed by atoms with Gasteiger partial charge in [0.05, 0.1) is 0 Å². The van der Waals surface area contributed by atoms with Gasteiger partial charge in [0, 0.05) is 19.2 Å². The number of guanidine groups is 1. The van der Waals surface area contributed by atoms with Crippen molar-refractivity contribution < 1.29 is 5.11 Å². The van der Waals surface area contributed by atoms with Crippen molar-refractivity contribution in [3.8, 4) is 0 Å². The van der Waals surface area contributed by atoms with E-state index in [1.165, 1.54) is 32.1 Å².